The van der Waals surface area contributed by atoms with Crippen LogP contribution in [0.15, 0.2) is 18.2 Å². The van der Waals surface area contributed by atoms with Crippen LogP contribution >= 0.6 is 0 Å². The zero-order valence-corrected chi connectivity index (χ0v) is 11.0. The van der Waals surface area contributed by atoms with Crippen molar-refractivity contribution in [2.24, 2.45) is 5.73 Å². The number of rotatable bonds is 3. The molecular weight excluding hydrogens is 286 g/mol. The number of benzene rings is 1. The average Bonchev–Trinajstić information content (AvgIpc) is 2.23. The molecule has 0 spiro atoms. The minimum atomic E-state index is -4.80. The molecule has 19 heavy (non-hydrogen) atoms. The van der Waals surface area contributed by atoms with Gasteiger partial charge in [0, 0.05) is 12.3 Å². The lowest BCUT2D eigenvalue weighted by Gasteiger charge is -2.19. The summed E-state index contributed by atoms with van der Waals surface area (Å²) in [7, 11) is -3.47. The molecule has 1 aromatic carbocycles. The molecule has 0 saturated carbocycles. The summed E-state index contributed by atoms with van der Waals surface area (Å²) in [5, 5.41) is -1.02. The summed E-state index contributed by atoms with van der Waals surface area (Å²) in [6.45, 7) is 1.32. The Morgan fingerprint density at radius 3 is 2.16 bits per heavy atom. The van der Waals surface area contributed by atoms with E-state index in [4.69, 9.17) is 5.73 Å². The minimum absolute atomic E-state index is 0.00317. The van der Waals surface area contributed by atoms with E-state index in [-0.39, 0.29) is 5.56 Å². The molecule has 0 amide bonds. The molecule has 0 bridgehead atoms. The molecule has 2 atom stereocenters. The zero-order chi connectivity index (χ0) is 15.0. The van der Waals surface area contributed by atoms with Crippen LogP contribution in [0.5, 0.6) is 0 Å². The quantitative estimate of drug-likeness (QED) is 0.871. The molecule has 0 aliphatic carbocycles. The van der Waals surface area contributed by atoms with E-state index in [2.05, 4.69) is 0 Å². The molecule has 2 N–H and O–H groups in total. The number of hydrogen-bond acceptors (Lipinski definition) is 3. The SMILES string of the molecule is CC(C(N)c1ccc(C(F)(F)F)c(F)c1)S(C)(=O)=O. The highest BCUT2D eigenvalue weighted by Crippen LogP contribution is 2.32. The number of sulfone groups is 1. The summed E-state index contributed by atoms with van der Waals surface area (Å²) in [6, 6.07) is 1.07. The fourth-order valence-electron chi connectivity index (χ4n) is 1.51. The van der Waals surface area contributed by atoms with Crippen LogP contribution in [0, 0.1) is 5.82 Å². The van der Waals surface area contributed by atoms with Crippen LogP contribution in [0.4, 0.5) is 17.6 Å². The first-order valence-electron chi connectivity index (χ1n) is 5.25. The standard InChI is InChI=1S/C11H13F4NO2S/c1-6(19(2,17)18)10(16)7-3-4-8(9(12)5-7)11(13,14)15/h3-6,10H,16H2,1-2H3. The van der Waals surface area contributed by atoms with Crippen LogP contribution in [0.2, 0.25) is 0 Å². The van der Waals surface area contributed by atoms with Crippen molar-refractivity contribution >= 4 is 9.84 Å². The summed E-state index contributed by atoms with van der Waals surface area (Å²) in [5.41, 5.74) is 4.22. The first-order chi connectivity index (χ1) is 8.44. The second kappa shape index (κ2) is 5.09. The van der Waals surface area contributed by atoms with Crippen LogP contribution in [0.3, 0.4) is 0 Å². The van der Waals surface area contributed by atoms with E-state index in [0.717, 1.165) is 12.3 Å². The molecule has 8 heteroatoms. The van der Waals surface area contributed by atoms with E-state index in [0.29, 0.717) is 12.1 Å². The lowest BCUT2D eigenvalue weighted by molar-refractivity contribution is -0.140. The smallest absolute Gasteiger partial charge is 0.323 e. The molecule has 0 aromatic heterocycles. The van der Waals surface area contributed by atoms with E-state index >= 15 is 0 Å². The van der Waals surface area contributed by atoms with Crippen molar-refractivity contribution in [3.05, 3.63) is 35.1 Å². The Morgan fingerprint density at radius 1 is 1.26 bits per heavy atom. The maximum atomic E-state index is 13.3. The third-order valence-electron chi connectivity index (χ3n) is 2.86. The van der Waals surface area contributed by atoms with Crippen molar-refractivity contribution in [3.63, 3.8) is 0 Å². The molecule has 3 nitrogen and oxygen atoms in total. The van der Waals surface area contributed by atoms with Crippen LogP contribution in [0.1, 0.15) is 24.1 Å². The molecule has 0 heterocycles. The van der Waals surface area contributed by atoms with E-state index in [9.17, 15) is 26.0 Å². The van der Waals surface area contributed by atoms with Gasteiger partial charge in [-0.2, -0.15) is 13.2 Å². The van der Waals surface area contributed by atoms with Crippen molar-refractivity contribution < 1.29 is 26.0 Å². The van der Waals surface area contributed by atoms with Gasteiger partial charge in [0.2, 0.25) is 0 Å². The first kappa shape index (κ1) is 15.9. The molecule has 108 valence electrons. The molecule has 2 unspecified atom stereocenters. The maximum absolute atomic E-state index is 13.3. The number of halogens is 4. The highest BCUT2D eigenvalue weighted by Gasteiger charge is 2.34. The highest BCUT2D eigenvalue weighted by molar-refractivity contribution is 7.91. The second-order valence-electron chi connectivity index (χ2n) is 4.30. The number of hydrogen-bond donors (Lipinski definition) is 1. The van der Waals surface area contributed by atoms with Crippen LogP contribution < -0.4 is 5.73 Å². The Labute approximate surface area is 108 Å². The minimum Gasteiger partial charge on any atom is -0.323 e. The second-order valence-corrected chi connectivity index (χ2v) is 6.70. The monoisotopic (exact) mass is 299 g/mol. The lowest BCUT2D eigenvalue weighted by atomic mass is 10.0. The van der Waals surface area contributed by atoms with Gasteiger partial charge in [-0.15, -0.1) is 0 Å². The van der Waals surface area contributed by atoms with E-state index < -0.39 is 38.7 Å². The Balaban J connectivity index is 3.15. The average molecular weight is 299 g/mol. The van der Waals surface area contributed by atoms with E-state index in [1.165, 1.54) is 6.92 Å². The fraction of sp³-hybridized carbons (Fsp3) is 0.455. The third-order valence-corrected chi connectivity index (χ3v) is 4.51. The Morgan fingerprint density at radius 2 is 1.79 bits per heavy atom. The molecule has 1 aromatic rings. The van der Waals surface area contributed by atoms with Crippen LogP contribution in [-0.4, -0.2) is 19.9 Å². The molecule has 0 saturated heterocycles. The van der Waals surface area contributed by atoms with E-state index in [1.807, 2.05) is 0 Å². The summed E-state index contributed by atoms with van der Waals surface area (Å²) in [6.07, 6.45) is -3.84. The topological polar surface area (TPSA) is 60.2 Å². The van der Waals surface area contributed by atoms with Crippen LogP contribution in [-0.2, 0) is 16.0 Å². The Kier molecular flexibility index (Phi) is 4.26. The molecule has 0 radical (unpaired) electrons. The summed E-state index contributed by atoms with van der Waals surface area (Å²) >= 11 is 0. The molecule has 0 aliphatic heterocycles. The molecular formula is C11H13F4NO2S. The Hall–Kier alpha value is -1.15. The van der Waals surface area contributed by atoms with Gasteiger partial charge in [-0.25, -0.2) is 12.8 Å². The lowest BCUT2D eigenvalue weighted by Crippen LogP contribution is -2.30. The molecule has 0 fully saturated rings. The van der Waals surface area contributed by atoms with Crippen LogP contribution in [0.25, 0.3) is 0 Å². The number of nitrogens with two attached hydrogens (primary N) is 1. The predicted molar refractivity (Wildman–Crippen MR) is 62.6 cm³/mol. The van der Waals surface area contributed by atoms with Crippen molar-refractivity contribution in [1.29, 1.82) is 0 Å². The van der Waals surface area contributed by atoms with Gasteiger partial charge >= 0.3 is 6.18 Å². The third kappa shape index (κ3) is 3.66. The first-order valence-corrected chi connectivity index (χ1v) is 7.21. The molecule has 0 aliphatic rings. The summed E-state index contributed by atoms with van der Waals surface area (Å²) in [4.78, 5) is 0. The van der Waals surface area contributed by atoms with Crippen molar-refractivity contribution in [2.75, 3.05) is 6.26 Å². The van der Waals surface area contributed by atoms with Gasteiger partial charge in [0.05, 0.1) is 10.8 Å². The fourth-order valence-corrected chi connectivity index (χ4v) is 2.20. The highest BCUT2D eigenvalue weighted by atomic mass is 32.2. The van der Waals surface area contributed by atoms with Gasteiger partial charge < -0.3 is 5.73 Å². The summed E-state index contributed by atoms with van der Waals surface area (Å²) in [5.74, 6) is -1.47. The largest absolute Gasteiger partial charge is 0.419 e. The molecule has 1 rings (SSSR count). The van der Waals surface area contributed by atoms with Crippen molar-refractivity contribution in [3.8, 4) is 0 Å². The zero-order valence-electron chi connectivity index (χ0n) is 10.2. The number of alkyl halides is 3. The van der Waals surface area contributed by atoms with Crippen molar-refractivity contribution in [2.45, 2.75) is 24.4 Å². The van der Waals surface area contributed by atoms with Gasteiger partial charge in [-0.05, 0) is 24.6 Å². The van der Waals surface area contributed by atoms with Gasteiger partial charge in [0.25, 0.3) is 0 Å². The maximum Gasteiger partial charge on any atom is 0.419 e. The Bertz CT molecular complexity index is 569. The van der Waals surface area contributed by atoms with Gasteiger partial charge in [-0.1, -0.05) is 6.07 Å². The van der Waals surface area contributed by atoms with Gasteiger partial charge in [-0.3, -0.25) is 0 Å². The van der Waals surface area contributed by atoms with Gasteiger partial charge in [0.1, 0.15) is 5.82 Å². The van der Waals surface area contributed by atoms with E-state index in [1.54, 1.807) is 0 Å². The predicted octanol–water partition coefficient (Wildman–Crippen LogP) is 2.28. The summed E-state index contributed by atoms with van der Waals surface area (Å²) < 4.78 is 73.0. The van der Waals surface area contributed by atoms with Crippen molar-refractivity contribution in [1.82, 2.24) is 0 Å². The van der Waals surface area contributed by atoms with Gasteiger partial charge in [0.15, 0.2) is 9.84 Å². The normalized spacial score (nSPS) is 16.2.